The molecule has 0 N–H and O–H groups in total. The van der Waals surface area contributed by atoms with Crippen LogP contribution in [0.15, 0.2) is 30.4 Å². The van der Waals surface area contributed by atoms with Crippen molar-refractivity contribution in [3.8, 4) is 5.75 Å². The summed E-state index contributed by atoms with van der Waals surface area (Å²) in [4.78, 5) is 11.9. The second-order valence-electron chi connectivity index (χ2n) is 3.69. The SMILES string of the molecule is CC=CCOc1cc(Cl)ccc1C(=O)CCC. The number of hydrogen-bond donors (Lipinski definition) is 0. The first-order chi connectivity index (χ1) is 8.19. The summed E-state index contributed by atoms with van der Waals surface area (Å²) >= 11 is 5.90. The summed E-state index contributed by atoms with van der Waals surface area (Å²) in [6.07, 6.45) is 5.14. The largest absolute Gasteiger partial charge is 0.489 e. The van der Waals surface area contributed by atoms with Crippen molar-refractivity contribution < 1.29 is 9.53 Å². The van der Waals surface area contributed by atoms with Gasteiger partial charge in [-0.25, -0.2) is 0 Å². The van der Waals surface area contributed by atoms with Crippen molar-refractivity contribution in [2.45, 2.75) is 26.7 Å². The number of ether oxygens (including phenoxy) is 1. The van der Waals surface area contributed by atoms with Crippen LogP contribution in [0.1, 0.15) is 37.0 Å². The molecule has 2 nitrogen and oxygen atoms in total. The Morgan fingerprint density at radius 1 is 1.47 bits per heavy atom. The van der Waals surface area contributed by atoms with Gasteiger partial charge in [-0.05, 0) is 31.5 Å². The van der Waals surface area contributed by atoms with E-state index in [4.69, 9.17) is 16.3 Å². The molecule has 0 atom stereocenters. The predicted octanol–water partition coefficient (Wildman–Crippen LogP) is 4.28. The highest BCUT2D eigenvalue weighted by molar-refractivity contribution is 6.30. The average Bonchev–Trinajstić information content (AvgIpc) is 2.30. The molecule has 0 amide bonds. The molecule has 0 bridgehead atoms. The summed E-state index contributed by atoms with van der Waals surface area (Å²) in [5, 5.41) is 0.577. The van der Waals surface area contributed by atoms with Gasteiger partial charge in [0, 0.05) is 11.4 Å². The lowest BCUT2D eigenvalue weighted by Crippen LogP contribution is -2.04. The van der Waals surface area contributed by atoms with Gasteiger partial charge in [-0.3, -0.25) is 4.79 Å². The Morgan fingerprint density at radius 3 is 2.88 bits per heavy atom. The van der Waals surface area contributed by atoms with Crippen LogP contribution in [0, 0.1) is 0 Å². The number of hydrogen-bond acceptors (Lipinski definition) is 2. The van der Waals surface area contributed by atoms with E-state index >= 15 is 0 Å². The zero-order valence-electron chi connectivity index (χ0n) is 10.2. The van der Waals surface area contributed by atoms with Crippen molar-refractivity contribution in [3.05, 3.63) is 40.9 Å². The summed E-state index contributed by atoms with van der Waals surface area (Å²) in [5.74, 6) is 0.661. The normalized spacial score (nSPS) is 10.8. The standard InChI is InChI=1S/C14H17ClO2/c1-3-5-9-17-14-10-11(15)7-8-12(14)13(16)6-4-2/h3,5,7-8,10H,4,6,9H2,1-2H3. The number of ketones is 1. The Bertz CT molecular complexity index is 411. The van der Waals surface area contributed by atoms with Crippen LogP contribution in [0.4, 0.5) is 0 Å². The van der Waals surface area contributed by atoms with E-state index in [1.807, 2.05) is 26.0 Å². The molecule has 0 heterocycles. The van der Waals surface area contributed by atoms with Crippen molar-refractivity contribution in [2.75, 3.05) is 6.61 Å². The predicted molar refractivity (Wildman–Crippen MR) is 71.0 cm³/mol. The van der Waals surface area contributed by atoms with Gasteiger partial charge in [0.25, 0.3) is 0 Å². The fraction of sp³-hybridized carbons (Fsp3) is 0.357. The van der Waals surface area contributed by atoms with E-state index in [-0.39, 0.29) is 5.78 Å². The first-order valence-electron chi connectivity index (χ1n) is 5.75. The van der Waals surface area contributed by atoms with Gasteiger partial charge in [0.1, 0.15) is 12.4 Å². The van der Waals surface area contributed by atoms with E-state index < -0.39 is 0 Å². The van der Waals surface area contributed by atoms with E-state index in [0.29, 0.717) is 29.4 Å². The molecule has 0 radical (unpaired) electrons. The van der Waals surface area contributed by atoms with Crippen LogP contribution in [0.5, 0.6) is 5.75 Å². The first-order valence-corrected chi connectivity index (χ1v) is 6.13. The number of allylic oxidation sites excluding steroid dienone is 1. The summed E-state index contributed by atoms with van der Waals surface area (Å²) in [5.41, 5.74) is 0.612. The average molecular weight is 253 g/mol. The zero-order chi connectivity index (χ0) is 12.7. The van der Waals surface area contributed by atoms with Gasteiger partial charge in [-0.15, -0.1) is 0 Å². The maximum absolute atomic E-state index is 11.9. The molecule has 0 aliphatic carbocycles. The highest BCUT2D eigenvalue weighted by atomic mass is 35.5. The molecule has 0 aliphatic heterocycles. The highest BCUT2D eigenvalue weighted by Crippen LogP contribution is 2.25. The van der Waals surface area contributed by atoms with Crippen LogP contribution < -0.4 is 4.74 Å². The number of Topliss-reactive ketones (excluding diaryl/α,β-unsaturated/α-hetero) is 1. The van der Waals surface area contributed by atoms with Gasteiger partial charge in [-0.2, -0.15) is 0 Å². The Morgan fingerprint density at radius 2 is 2.24 bits per heavy atom. The Kier molecular flexibility index (Phi) is 5.78. The summed E-state index contributed by atoms with van der Waals surface area (Å²) < 4.78 is 5.53. The minimum Gasteiger partial charge on any atom is -0.489 e. The molecular formula is C14H17ClO2. The number of carbonyl (C=O) groups is 1. The Labute approximate surface area is 107 Å². The molecule has 3 heteroatoms. The van der Waals surface area contributed by atoms with Crippen molar-refractivity contribution in [3.63, 3.8) is 0 Å². The Hall–Kier alpha value is -1.28. The van der Waals surface area contributed by atoms with Gasteiger partial charge in [0.05, 0.1) is 5.56 Å². The van der Waals surface area contributed by atoms with Gasteiger partial charge >= 0.3 is 0 Å². The third kappa shape index (κ3) is 4.23. The van der Waals surface area contributed by atoms with Crippen LogP contribution >= 0.6 is 11.6 Å². The maximum atomic E-state index is 11.9. The van der Waals surface area contributed by atoms with Gasteiger partial charge in [0.2, 0.25) is 0 Å². The monoisotopic (exact) mass is 252 g/mol. The summed E-state index contributed by atoms with van der Waals surface area (Å²) in [6, 6.07) is 5.13. The Balaban J connectivity index is 2.90. The van der Waals surface area contributed by atoms with E-state index in [2.05, 4.69) is 0 Å². The van der Waals surface area contributed by atoms with Gasteiger partial charge in [0.15, 0.2) is 5.78 Å². The first kappa shape index (κ1) is 13.8. The van der Waals surface area contributed by atoms with Crippen molar-refractivity contribution in [1.82, 2.24) is 0 Å². The molecule has 1 aromatic rings. The second kappa shape index (κ2) is 7.13. The highest BCUT2D eigenvalue weighted by Gasteiger charge is 2.11. The zero-order valence-corrected chi connectivity index (χ0v) is 11.0. The van der Waals surface area contributed by atoms with Gasteiger partial charge in [-0.1, -0.05) is 30.7 Å². The molecule has 17 heavy (non-hydrogen) atoms. The molecule has 1 rings (SSSR count). The molecule has 1 aromatic carbocycles. The van der Waals surface area contributed by atoms with Crippen molar-refractivity contribution in [1.29, 1.82) is 0 Å². The van der Waals surface area contributed by atoms with E-state index in [0.717, 1.165) is 6.42 Å². The van der Waals surface area contributed by atoms with E-state index in [9.17, 15) is 4.79 Å². The number of rotatable bonds is 6. The number of halogens is 1. The number of carbonyl (C=O) groups excluding carboxylic acids is 1. The summed E-state index contributed by atoms with van der Waals surface area (Å²) in [7, 11) is 0. The van der Waals surface area contributed by atoms with Gasteiger partial charge < -0.3 is 4.74 Å². The molecule has 0 spiro atoms. The van der Waals surface area contributed by atoms with Crippen LogP contribution in [0.3, 0.4) is 0 Å². The van der Waals surface area contributed by atoms with Crippen LogP contribution in [0.2, 0.25) is 5.02 Å². The third-order valence-electron chi connectivity index (χ3n) is 2.29. The molecule has 0 fully saturated rings. The molecule has 0 aromatic heterocycles. The van der Waals surface area contributed by atoms with E-state index in [1.54, 1.807) is 18.2 Å². The summed E-state index contributed by atoms with van der Waals surface area (Å²) in [6.45, 7) is 4.35. The smallest absolute Gasteiger partial charge is 0.166 e. The lowest BCUT2D eigenvalue weighted by Gasteiger charge is -2.09. The molecule has 0 saturated heterocycles. The van der Waals surface area contributed by atoms with Crippen LogP contribution in [-0.2, 0) is 0 Å². The van der Waals surface area contributed by atoms with Crippen LogP contribution in [-0.4, -0.2) is 12.4 Å². The molecule has 0 aliphatic rings. The molecule has 0 saturated carbocycles. The lowest BCUT2D eigenvalue weighted by molar-refractivity contribution is 0.0978. The second-order valence-corrected chi connectivity index (χ2v) is 4.13. The minimum absolute atomic E-state index is 0.0969. The lowest BCUT2D eigenvalue weighted by atomic mass is 10.1. The fourth-order valence-corrected chi connectivity index (χ4v) is 1.60. The van der Waals surface area contributed by atoms with Crippen molar-refractivity contribution >= 4 is 17.4 Å². The minimum atomic E-state index is 0.0969. The van der Waals surface area contributed by atoms with Crippen LogP contribution in [0.25, 0.3) is 0 Å². The van der Waals surface area contributed by atoms with E-state index in [1.165, 1.54) is 0 Å². The number of benzene rings is 1. The third-order valence-corrected chi connectivity index (χ3v) is 2.53. The van der Waals surface area contributed by atoms with Crippen molar-refractivity contribution in [2.24, 2.45) is 0 Å². The molecule has 0 unspecified atom stereocenters. The molecule has 92 valence electrons. The topological polar surface area (TPSA) is 26.3 Å². The maximum Gasteiger partial charge on any atom is 0.166 e. The fourth-order valence-electron chi connectivity index (χ4n) is 1.44. The quantitative estimate of drug-likeness (QED) is 0.558. The molecular weight excluding hydrogens is 236 g/mol.